The standard InChI is InChI=1S/C21H11F5N2O4.C15H18N4O3/c22-16-7-3-1-5-13(16)19(29)27(20(30)14-6-2-4-8-17(14)23)18-10-9-12(28(31)32)11-15(18)21(24,25)26;1-15(2,3)22-14(21)19-12-6-4-11(5-7-12)18-13(20)10-8-16-17-9-10/h1-11H;4-9H,1-3H3,(H,16,17)(H,18,20)(H,19,21). The minimum absolute atomic E-state index is 0.0522. The highest BCUT2D eigenvalue weighted by atomic mass is 19.4. The molecule has 18 heteroatoms. The molecule has 0 fully saturated rings. The third-order valence-corrected chi connectivity index (χ3v) is 6.90. The normalized spacial score (nSPS) is 11.0. The van der Waals surface area contributed by atoms with Crippen molar-refractivity contribution in [1.29, 1.82) is 0 Å². The van der Waals surface area contributed by atoms with Gasteiger partial charge >= 0.3 is 12.3 Å². The smallest absolute Gasteiger partial charge is 0.418 e. The van der Waals surface area contributed by atoms with Gasteiger partial charge in [0.2, 0.25) is 0 Å². The summed E-state index contributed by atoms with van der Waals surface area (Å²) < 4.78 is 74.8. The van der Waals surface area contributed by atoms with E-state index in [1.807, 2.05) is 0 Å². The highest BCUT2D eigenvalue weighted by molar-refractivity contribution is 6.26. The number of aromatic amines is 1. The summed E-state index contributed by atoms with van der Waals surface area (Å²) >= 11 is 0. The Balaban J connectivity index is 0.000000258. The van der Waals surface area contributed by atoms with Crippen molar-refractivity contribution in [2.75, 3.05) is 15.5 Å². The Morgan fingerprint density at radius 1 is 0.796 bits per heavy atom. The Hall–Kier alpha value is -6.98. The summed E-state index contributed by atoms with van der Waals surface area (Å²) in [5.41, 5.74) is -4.23. The molecule has 0 saturated heterocycles. The molecular formula is C36H29F5N6O7. The molecule has 13 nitrogen and oxygen atoms in total. The first kappa shape index (κ1) is 39.8. The lowest BCUT2D eigenvalue weighted by Crippen LogP contribution is -2.39. The van der Waals surface area contributed by atoms with Gasteiger partial charge in [-0.3, -0.25) is 34.9 Å². The molecule has 3 N–H and O–H groups in total. The first-order chi connectivity index (χ1) is 25.4. The van der Waals surface area contributed by atoms with Gasteiger partial charge in [0.15, 0.2) is 0 Å². The lowest BCUT2D eigenvalue weighted by atomic mass is 10.1. The maximum Gasteiger partial charge on any atom is 0.418 e. The van der Waals surface area contributed by atoms with E-state index in [9.17, 15) is 51.2 Å². The Kier molecular flexibility index (Phi) is 12.2. The molecule has 0 atom stereocenters. The summed E-state index contributed by atoms with van der Waals surface area (Å²) in [6, 6.07) is 16.4. The second kappa shape index (κ2) is 16.6. The fourth-order valence-corrected chi connectivity index (χ4v) is 4.52. The average molecular weight is 753 g/mol. The highest BCUT2D eigenvalue weighted by Crippen LogP contribution is 2.40. The lowest BCUT2D eigenvalue weighted by Gasteiger charge is -2.25. The van der Waals surface area contributed by atoms with Gasteiger partial charge in [0.1, 0.15) is 17.2 Å². The van der Waals surface area contributed by atoms with E-state index in [1.54, 1.807) is 45.0 Å². The number of anilines is 3. The first-order valence-corrected chi connectivity index (χ1v) is 15.5. The number of hydrogen-bond acceptors (Lipinski definition) is 8. The fraction of sp³-hybridized carbons (Fsp3) is 0.139. The van der Waals surface area contributed by atoms with Crippen molar-refractivity contribution >= 4 is 46.6 Å². The van der Waals surface area contributed by atoms with Crippen LogP contribution in [0.4, 0.5) is 49.5 Å². The number of ether oxygens (including phenoxy) is 1. The van der Waals surface area contributed by atoms with Crippen LogP contribution >= 0.6 is 0 Å². The zero-order chi connectivity index (χ0) is 39.8. The molecular weight excluding hydrogens is 723 g/mol. The molecule has 0 unspecified atom stereocenters. The lowest BCUT2D eigenvalue weighted by molar-refractivity contribution is -0.385. The Labute approximate surface area is 302 Å². The van der Waals surface area contributed by atoms with Crippen LogP contribution in [0.5, 0.6) is 0 Å². The van der Waals surface area contributed by atoms with E-state index < -0.39 is 74.3 Å². The van der Waals surface area contributed by atoms with Crippen LogP contribution in [-0.4, -0.2) is 44.5 Å². The molecule has 5 aromatic rings. The number of alkyl halides is 3. The van der Waals surface area contributed by atoms with Gasteiger partial charge in [-0.15, -0.1) is 0 Å². The largest absolute Gasteiger partial charge is 0.444 e. The van der Waals surface area contributed by atoms with Crippen molar-refractivity contribution in [2.45, 2.75) is 32.5 Å². The molecule has 280 valence electrons. The van der Waals surface area contributed by atoms with Gasteiger partial charge in [0.25, 0.3) is 23.4 Å². The predicted octanol–water partition coefficient (Wildman–Crippen LogP) is 8.39. The number of H-pyrrole nitrogens is 1. The number of carbonyl (C=O) groups is 4. The highest BCUT2D eigenvalue weighted by Gasteiger charge is 2.40. The van der Waals surface area contributed by atoms with E-state index in [1.165, 1.54) is 36.7 Å². The SMILES string of the molecule is CC(C)(C)OC(=O)Nc1ccc(NC(=O)c2cn[nH]c2)cc1.O=C(c1ccccc1F)N(C(=O)c1ccccc1F)c1ccc([N+](=O)[O-])cc1C(F)(F)F. The summed E-state index contributed by atoms with van der Waals surface area (Å²) in [7, 11) is 0. The number of imide groups is 1. The quantitative estimate of drug-likeness (QED) is 0.0643. The number of nitrogens with zero attached hydrogens (tertiary/aromatic N) is 3. The summed E-state index contributed by atoms with van der Waals surface area (Å²) in [4.78, 5) is 59.3. The van der Waals surface area contributed by atoms with Crippen molar-refractivity contribution in [3.8, 4) is 0 Å². The number of nitrogens with one attached hydrogen (secondary N) is 3. The van der Waals surface area contributed by atoms with Gasteiger partial charge in [-0.25, -0.2) is 18.5 Å². The number of halogens is 5. The second-order valence-electron chi connectivity index (χ2n) is 12.0. The number of nitro benzene ring substituents is 1. The number of aromatic nitrogens is 2. The molecule has 0 aliphatic carbocycles. The van der Waals surface area contributed by atoms with Crippen LogP contribution in [0.2, 0.25) is 0 Å². The van der Waals surface area contributed by atoms with Gasteiger partial charge in [0.05, 0.1) is 39.1 Å². The second-order valence-corrected chi connectivity index (χ2v) is 12.0. The van der Waals surface area contributed by atoms with E-state index in [2.05, 4.69) is 20.8 Å². The average Bonchev–Trinajstić information content (AvgIpc) is 3.64. The van der Waals surface area contributed by atoms with Crippen LogP contribution < -0.4 is 15.5 Å². The van der Waals surface area contributed by atoms with E-state index in [0.29, 0.717) is 29.1 Å². The molecule has 0 spiro atoms. The van der Waals surface area contributed by atoms with Crippen LogP contribution in [0.15, 0.2) is 103 Å². The Bertz CT molecular complexity index is 2110. The maximum atomic E-state index is 14.2. The third kappa shape index (κ3) is 10.3. The Morgan fingerprint density at radius 2 is 1.31 bits per heavy atom. The van der Waals surface area contributed by atoms with E-state index in [-0.39, 0.29) is 16.9 Å². The van der Waals surface area contributed by atoms with Gasteiger partial charge < -0.3 is 10.1 Å². The zero-order valence-electron chi connectivity index (χ0n) is 28.4. The third-order valence-electron chi connectivity index (χ3n) is 6.90. The molecule has 0 aliphatic heterocycles. The van der Waals surface area contributed by atoms with Crippen molar-refractivity contribution in [1.82, 2.24) is 10.2 Å². The zero-order valence-corrected chi connectivity index (χ0v) is 28.4. The van der Waals surface area contributed by atoms with Gasteiger partial charge in [0, 0.05) is 29.7 Å². The first-order valence-electron chi connectivity index (χ1n) is 15.5. The molecule has 4 aromatic carbocycles. The number of hydrogen-bond donors (Lipinski definition) is 3. The molecule has 1 heterocycles. The van der Waals surface area contributed by atoms with Crippen LogP contribution in [0.3, 0.4) is 0 Å². The molecule has 0 aliphatic rings. The minimum atomic E-state index is -5.25. The van der Waals surface area contributed by atoms with Crippen LogP contribution in [0, 0.1) is 21.7 Å². The van der Waals surface area contributed by atoms with Crippen molar-refractivity contribution in [2.24, 2.45) is 0 Å². The molecule has 0 saturated carbocycles. The van der Waals surface area contributed by atoms with Crippen molar-refractivity contribution in [3.63, 3.8) is 0 Å². The van der Waals surface area contributed by atoms with Crippen molar-refractivity contribution < 1.29 is 50.8 Å². The molecule has 1 aromatic heterocycles. The summed E-state index contributed by atoms with van der Waals surface area (Å²) in [6.45, 7) is 5.38. The number of rotatable bonds is 7. The van der Waals surface area contributed by atoms with Crippen LogP contribution in [-0.2, 0) is 10.9 Å². The van der Waals surface area contributed by atoms with E-state index >= 15 is 0 Å². The predicted molar refractivity (Wildman–Crippen MR) is 185 cm³/mol. The summed E-state index contributed by atoms with van der Waals surface area (Å²) in [5.74, 6) is -5.58. The van der Waals surface area contributed by atoms with Crippen LogP contribution in [0.25, 0.3) is 0 Å². The number of nitro groups is 1. The van der Waals surface area contributed by atoms with Gasteiger partial charge in [-0.05, 0) is 75.4 Å². The van der Waals surface area contributed by atoms with Gasteiger partial charge in [-0.2, -0.15) is 18.3 Å². The molecule has 0 radical (unpaired) electrons. The number of amides is 4. The summed E-state index contributed by atoms with van der Waals surface area (Å²) in [6.07, 6.45) is -2.82. The topological polar surface area (TPSA) is 177 Å². The number of benzene rings is 4. The van der Waals surface area contributed by atoms with E-state index in [4.69, 9.17) is 4.74 Å². The maximum absolute atomic E-state index is 14.2. The number of carbonyl (C=O) groups excluding carboxylic acids is 4. The van der Waals surface area contributed by atoms with Crippen molar-refractivity contribution in [3.05, 3.63) is 147 Å². The van der Waals surface area contributed by atoms with Gasteiger partial charge in [-0.1, -0.05) is 24.3 Å². The summed E-state index contributed by atoms with van der Waals surface area (Å²) in [5, 5.41) is 22.6. The number of non-ortho nitro benzene ring substituents is 1. The van der Waals surface area contributed by atoms with E-state index in [0.717, 1.165) is 24.3 Å². The monoisotopic (exact) mass is 752 g/mol. The molecule has 5 rings (SSSR count). The van der Waals surface area contributed by atoms with Crippen LogP contribution in [0.1, 0.15) is 57.4 Å². The fourth-order valence-electron chi connectivity index (χ4n) is 4.52. The minimum Gasteiger partial charge on any atom is -0.444 e. The Morgan fingerprint density at radius 3 is 1.76 bits per heavy atom. The molecule has 4 amide bonds. The molecule has 54 heavy (non-hydrogen) atoms. The molecule has 0 bridgehead atoms.